The number of ether oxygens (including phenoxy) is 1. The van der Waals surface area contributed by atoms with E-state index in [1.165, 1.54) is 12.1 Å². The van der Waals surface area contributed by atoms with E-state index in [0.717, 1.165) is 49.7 Å². The number of carboxylic acids is 1. The molecule has 3 fully saturated rings. The van der Waals surface area contributed by atoms with Crippen LogP contribution in [0, 0.1) is 11.6 Å². The lowest BCUT2D eigenvalue weighted by Crippen LogP contribution is -2.59. The summed E-state index contributed by atoms with van der Waals surface area (Å²) in [5.41, 5.74) is 2.09. The molecule has 1 amide bonds. The minimum atomic E-state index is -5.08. The molecule has 0 bridgehead atoms. The second-order valence-corrected chi connectivity index (χ2v) is 10.5. The van der Waals surface area contributed by atoms with Crippen LogP contribution in [0.25, 0.3) is 22.0 Å². The molecule has 7 nitrogen and oxygen atoms in total. The number of carbonyl (C=O) groups is 2. The van der Waals surface area contributed by atoms with Gasteiger partial charge in [-0.3, -0.25) is 9.69 Å². The van der Waals surface area contributed by atoms with Gasteiger partial charge in [0.2, 0.25) is 5.91 Å². The molecule has 1 aliphatic carbocycles. The van der Waals surface area contributed by atoms with Crippen LogP contribution < -0.4 is 0 Å². The first-order valence-electron chi connectivity index (χ1n) is 13.0. The van der Waals surface area contributed by atoms with Crippen molar-refractivity contribution in [2.24, 2.45) is 0 Å². The first kappa shape index (κ1) is 28.0. The molecular weight excluding hydrogens is 537 g/mol. The van der Waals surface area contributed by atoms with Gasteiger partial charge in [-0.25, -0.2) is 13.6 Å². The molecule has 2 saturated heterocycles. The molecule has 6 rings (SSSR count). The maximum atomic E-state index is 15.0. The first-order valence-corrected chi connectivity index (χ1v) is 13.0. The Hall–Kier alpha value is -3.51. The van der Waals surface area contributed by atoms with Crippen molar-refractivity contribution in [3.05, 3.63) is 59.8 Å². The number of rotatable bonds is 4. The molecule has 3 aromatic rings. The minimum Gasteiger partial charge on any atom is -0.475 e. The highest BCUT2D eigenvalue weighted by molar-refractivity contribution is 5.85. The van der Waals surface area contributed by atoms with E-state index in [4.69, 9.17) is 14.6 Å². The molecule has 12 heteroatoms. The van der Waals surface area contributed by atoms with Gasteiger partial charge in [0, 0.05) is 53.9 Å². The topological polar surface area (TPSA) is 85.9 Å². The summed E-state index contributed by atoms with van der Waals surface area (Å²) in [6.45, 7) is 2.96. The number of morpholine rings is 1. The van der Waals surface area contributed by atoms with Crippen molar-refractivity contribution in [2.45, 2.75) is 50.0 Å². The third-order valence-corrected chi connectivity index (χ3v) is 7.68. The van der Waals surface area contributed by atoms with E-state index in [2.05, 4.69) is 9.88 Å². The molecule has 1 spiro atoms. The summed E-state index contributed by atoms with van der Waals surface area (Å²) >= 11 is 0. The molecule has 214 valence electrons. The number of nitrogens with one attached hydrogen (secondary N) is 1. The van der Waals surface area contributed by atoms with Gasteiger partial charge in [0.25, 0.3) is 0 Å². The molecular formula is C28H28F5N3O4. The van der Waals surface area contributed by atoms with Crippen molar-refractivity contribution in [1.82, 2.24) is 14.8 Å². The van der Waals surface area contributed by atoms with Gasteiger partial charge in [0.1, 0.15) is 18.2 Å². The second-order valence-electron chi connectivity index (χ2n) is 10.5. The zero-order valence-electron chi connectivity index (χ0n) is 21.4. The Balaban J connectivity index is 0.000000411. The lowest BCUT2D eigenvalue weighted by molar-refractivity contribution is -0.192. The fraction of sp³-hybridized carbons (Fsp3) is 0.429. The maximum absolute atomic E-state index is 15.0. The number of nitrogens with zero attached hydrogens (tertiary/aromatic N) is 2. The molecule has 2 N–H and O–H groups in total. The maximum Gasteiger partial charge on any atom is 0.490 e. The average molecular weight is 566 g/mol. The highest BCUT2D eigenvalue weighted by Crippen LogP contribution is 2.37. The molecule has 3 aliphatic rings. The number of likely N-dealkylation sites (tertiary alicyclic amines) is 1. The summed E-state index contributed by atoms with van der Waals surface area (Å²) in [5, 5.41) is 7.92. The van der Waals surface area contributed by atoms with Crippen molar-refractivity contribution >= 4 is 22.8 Å². The molecule has 40 heavy (non-hydrogen) atoms. The van der Waals surface area contributed by atoms with Crippen LogP contribution in [-0.4, -0.2) is 75.8 Å². The number of halogens is 5. The number of fused-ring (bicyclic) bond motifs is 1. The number of aliphatic carboxylic acids is 1. The number of amides is 1. The number of aromatic amines is 1. The van der Waals surface area contributed by atoms with E-state index in [0.29, 0.717) is 35.8 Å². The largest absolute Gasteiger partial charge is 0.490 e. The van der Waals surface area contributed by atoms with Gasteiger partial charge in [-0.2, -0.15) is 13.2 Å². The standard InChI is InChI=1S/C26H27F2N3O2.C2HF3O2/c27-22-11-17(21-13-24-18(5-8-29-24)12-23(21)28)1-2-19(22)14-30-9-6-26(7-10-30)16-31(20-3-4-20)25(32)15-33-26;3-2(4,5)1(6)7/h1-2,5,8,11-13,20,29H,3-4,6-7,9-10,14-16H2;(H,6,7). The molecule has 3 heterocycles. The highest BCUT2D eigenvalue weighted by atomic mass is 19.4. The Morgan fingerprint density at radius 3 is 2.40 bits per heavy atom. The number of aromatic nitrogens is 1. The van der Waals surface area contributed by atoms with Crippen LogP contribution >= 0.6 is 0 Å². The van der Waals surface area contributed by atoms with Crippen LogP contribution in [0.1, 0.15) is 31.2 Å². The predicted molar refractivity (Wildman–Crippen MR) is 135 cm³/mol. The van der Waals surface area contributed by atoms with Gasteiger partial charge < -0.3 is 19.7 Å². The number of carboxylic acid groups (broad SMARTS) is 1. The Labute approximate surface area is 226 Å². The fourth-order valence-electron chi connectivity index (χ4n) is 5.26. The third kappa shape index (κ3) is 6.12. The predicted octanol–water partition coefficient (Wildman–Crippen LogP) is 5.10. The first-order chi connectivity index (χ1) is 18.9. The summed E-state index contributed by atoms with van der Waals surface area (Å²) < 4.78 is 67.3. The van der Waals surface area contributed by atoms with E-state index in [9.17, 15) is 26.7 Å². The number of benzene rings is 2. The lowest BCUT2D eigenvalue weighted by atomic mass is 9.89. The monoisotopic (exact) mass is 565 g/mol. The summed E-state index contributed by atoms with van der Waals surface area (Å²) in [7, 11) is 0. The number of H-pyrrole nitrogens is 1. The van der Waals surface area contributed by atoms with E-state index < -0.39 is 12.1 Å². The van der Waals surface area contributed by atoms with Crippen LogP contribution in [0.5, 0.6) is 0 Å². The van der Waals surface area contributed by atoms with Crippen molar-refractivity contribution < 1.29 is 41.4 Å². The summed E-state index contributed by atoms with van der Waals surface area (Å²) in [5.74, 6) is -3.33. The van der Waals surface area contributed by atoms with Crippen LogP contribution in [0.15, 0.2) is 42.6 Å². The van der Waals surface area contributed by atoms with Crippen LogP contribution in [0.3, 0.4) is 0 Å². The van der Waals surface area contributed by atoms with Crippen LogP contribution in [-0.2, 0) is 20.9 Å². The quantitative estimate of drug-likeness (QED) is 0.430. The second kappa shape index (κ2) is 10.8. The van der Waals surface area contributed by atoms with E-state index >= 15 is 0 Å². The Bertz CT molecular complexity index is 1410. The van der Waals surface area contributed by atoms with E-state index in [1.807, 2.05) is 11.0 Å². The zero-order chi connectivity index (χ0) is 28.7. The number of hydrogen-bond acceptors (Lipinski definition) is 4. The summed E-state index contributed by atoms with van der Waals surface area (Å²) in [6.07, 6.45) is 0.563. The zero-order valence-corrected chi connectivity index (χ0v) is 21.4. The Morgan fingerprint density at radius 2 is 1.77 bits per heavy atom. The van der Waals surface area contributed by atoms with E-state index in [-0.39, 0.29) is 29.7 Å². The van der Waals surface area contributed by atoms with E-state index in [1.54, 1.807) is 24.4 Å². The van der Waals surface area contributed by atoms with Crippen molar-refractivity contribution in [2.75, 3.05) is 26.2 Å². The smallest absolute Gasteiger partial charge is 0.475 e. The molecule has 2 aliphatic heterocycles. The molecule has 1 saturated carbocycles. The van der Waals surface area contributed by atoms with Gasteiger partial charge in [-0.15, -0.1) is 0 Å². The van der Waals surface area contributed by atoms with Gasteiger partial charge in [-0.1, -0.05) is 12.1 Å². The van der Waals surface area contributed by atoms with Gasteiger partial charge in [0.15, 0.2) is 0 Å². The van der Waals surface area contributed by atoms with Gasteiger partial charge >= 0.3 is 12.1 Å². The molecule has 0 atom stereocenters. The van der Waals surface area contributed by atoms with Crippen molar-refractivity contribution in [3.8, 4) is 11.1 Å². The normalized spacial score (nSPS) is 19.5. The average Bonchev–Trinajstić information content (AvgIpc) is 3.65. The molecule has 0 unspecified atom stereocenters. The number of piperidine rings is 1. The fourth-order valence-corrected chi connectivity index (χ4v) is 5.26. The molecule has 0 radical (unpaired) electrons. The summed E-state index contributed by atoms with van der Waals surface area (Å²) in [6, 6.07) is 10.4. The Morgan fingerprint density at radius 1 is 1.07 bits per heavy atom. The highest BCUT2D eigenvalue weighted by Gasteiger charge is 2.46. The minimum absolute atomic E-state index is 0.111. The van der Waals surface area contributed by atoms with Gasteiger partial charge in [-0.05, 0) is 55.5 Å². The van der Waals surface area contributed by atoms with Gasteiger partial charge in [0.05, 0.1) is 12.1 Å². The summed E-state index contributed by atoms with van der Waals surface area (Å²) in [4.78, 5) is 28.4. The van der Waals surface area contributed by atoms with Crippen molar-refractivity contribution in [1.29, 1.82) is 0 Å². The molecule has 1 aromatic heterocycles. The van der Waals surface area contributed by atoms with Crippen LogP contribution in [0.2, 0.25) is 0 Å². The number of hydrogen-bond donors (Lipinski definition) is 2. The number of carbonyl (C=O) groups excluding carboxylic acids is 1. The third-order valence-electron chi connectivity index (χ3n) is 7.68. The van der Waals surface area contributed by atoms with Crippen molar-refractivity contribution in [3.63, 3.8) is 0 Å². The number of alkyl halides is 3. The lowest BCUT2D eigenvalue weighted by Gasteiger charge is -2.47. The van der Waals surface area contributed by atoms with Crippen LogP contribution in [0.4, 0.5) is 22.0 Å². The SMILES string of the molecule is O=C(O)C(F)(F)F.O=C1COC2(CCN(Cc3ccc(-c4cc5[nH]ccc5cc4F)cc3F)CC2)CN1C1CC1. The Kier molecular flexibility index (Phi) is 7.58. The molecule has 2 aromatic carbocycles.